The molecular weight excluding hydrogens is 275 g/mol. The summed E-state index contributed by atoms with van der Waals surface area (Å²) in [6.07, 6.45) is 1.79. The number of nitrogens with one attached hydrogen (secondary N) is 1. The van der Waals surface area contributed by atoms with E-state index >= 15 is 0 Å². The Morgan fingerprint density at radius 3 is 2.67 bits per heavy atom. The van der Waals surface area contributed by atoms with Crippen LogP contribution in [-0.4, -0.2) is 24.5 Å². The maximum Gasteiger partial charge on any atom is 0.338 e. The molecule has 1 unspecified atom stereocenters. The molecule has 0 aliphatic rings. The first-order valence-electron chi connectivity index (χ1n) is 6.87. The SMILES string of the molecule is CCCC(C)NC(=O)COC(=O)c1cc(N)c(C)c(F)c1. The number of rotatable bonds is 6. The number of anilines is 1. The van der Waals surface area contributed by atoms with E-state index < -0.39 is 18.4 Å². The predicted octanol–water partition coefficient (Wildman–Crippen LogP) is 2.18. The number of esters is 1. The zero-order chi connectivity index (χ0) is 16.0. The highest BCUT2D eigenvalue weighted by Gasteiger charge is 2.14. The van der Waals surface area contributed by atoms with Gasteiger partial charge < -0.3 is 15.8 Å². The lowest BCUT2D eigenvalue weighted by molar-refractivity contribution is -0.124. The zero-order valence-corrected chi connectivity index (χ0v) is 12.5. The fourth-order valence-electron chi connectivity index (χ4n) is 1.85. The minimum Gasteiger partial charge on any atom is -0.452 e. The summed E-state index contributed by atoms with van der Waals surface area (Å²) < 4.78 is 18.3. The molecule has 0 fully saturated rings. The third kappa shape index (κ3) is 5.06. The van der Waals surface area contributed by atoms with E-state index in [0.29, 0.717) is 0 Å². The lowest BCUT2D eigenvalue weighted by Gasteiger charge is -2.13. The van der Waals surface area contributed by atoms with Gasteiger partial charge in [0, 0.05) is 17.3 Å². The molecule has 21 heavy (non-hydrogen) atoms. The Kier molecular flexibility index (Phi) is 6.14. The third-order valence-corrected chi connectivity index (χ3v) is 3.08. The molecule has 6 heteroatoms. The third-order valence-electron chi connectivity index (χ3n) is 3.08. The topological polar surface area (TPSA) is 81.4 Å². The summed E-state index contributed by atoms with van der Waals surface area (Å²) in [5.74, 6) is -1.74. The highest BCUT2D eigenvalue weighted by atomic mass is 19.1. The molecule has 0 spiro atoms. The van der Waals surface area contributed by atoms with Gasteiger partial charge in [-0.2, -0.15) is 0 Å². The molecule has 0 saturated heterocycles. The molecule has 5 nitrogen and oxygen atoms in total. The van der Waals surface area contributed by atoms with Crippen LogP contribution < -0.4 is 11.1 Å². The van der Waals surface area contributed by atoms with Crippen LogP contribution in [0.4, 0.5) is 10.1 Å². The van der Waals surface area contributed by atoms with E-state index in [1.807, 2.05) is 13.8 Å². The van der Waals surface area contributed by atoms with E-state index in [4.69, 9.17) is 10.5 Å². The molecular formula is C15H21FN2O3. The van der Waals surface area contributed by atoms with Crippen molar-refractivity contribution in [2.24, 2.45) is 0 Å². The van der Waals surface area contributed by atoms with Crippen LogP contribution in [0.25, 0.3) is 0 Å². The van der Waals surface area contributed by atoms with E-state index in [9.17, 15) is 14.0 Å². The maximum absolute atomic E-state index is 13.5. The van der Waals surface area contributed by atoms with Crippen LogP contribution in [0.1, 0.15) is 42.6 Å². The number of amides is 1. The van der Waals surface area contributed by atoms with Crippen LogP contribution in [0.3, 0.4) is 0 Å². The largest absolute Gasteiger partial charge is 0.452 e. The second-order valence-corrected chi connectivity index (χ2v) is 5.01. The fraction of sp³-hybridized carbons (Fsp3) is 0.467. The monoisotopic (exact) mass is 296 g/mol. The molecule has 0 heterocycles. The van der Waals surface area contributed by atoms with Crippen molar-refractivity contribution >= 4 is 17.6 Å². The molecule has 1 amide bonds. The Labute approximate surface area is 123 Å². The average molecular weight is 296 g/mol. The second-order valence-electron chi connectivity index (χ2n) is 5.01. The lowest BCUT2D eigenvalue weighted by atomic mass is 10.1. The van der Waals surface area contributed by atoms with Crippen molar-refractivity contribution in [2.45, 2.75) is 39.7 Å². The number of nitrogen functional groups attached to an aromatic ring is 1. The van der Waals surface area contributed by atoms with Crippen LogP contribution in [0.5, 0.6) is 0 Å². The van der Waals surface area contributed by atoms with Crippen molar-refractivity contribution in [1.82, 2.24) is 5.32 Å². The van der Waals surface area contributed by atoms with E-state index in [1.165, 1.54) is 13.0 Å². The van der Waals surface area contributed by atoms with Crippen molar-refractivity contribution in [2.75, 3.05) is 12.3 Å². The van der Waals surface area contributed by atoms with E-state index in [-0.39, 0.29) is 28.8 Å². The molecule has 0 aromatic heterocycles. The summed E-state index contributed by atoms with van der Waals surface area (Å²) in [7, 11) is 0. The summed E-state index contributed by atoms with van der Waals surface area (Å²) in [4.78, 5) is 23.3. The van der Waals surface area contributed by atoms with Gasteiger partial charge in [-0.25, -0.2) is 9.18 Å². The molecule has 0 aliphatic heterocycles. The minimum absolute atomic E-state index is 0.00925. The Morgan fingerprint density at radius 2 is 2.10 bits per heavy atom. The van der Waals surface area contributed by atoms with Crippen molar-refractivity contribution in [3.63, 3.8) is 0 Å². The first-order valence-corrected chi connectivity index (χ1v) is 6.87. The predicted molar refractivity (Wildman–Crippen MR) is 78.3 cm³/mol. The molecule has 1 rings (SSSR count). The number of ether oxygens (including phenoxy) is 1. The van der Waals surface area contributed by atoms with Crippen LogP contribution in [0.15, 0.2) is 12.1 Å². The molecule has 0 bridgehead atoms. The van der Waals surface area contributed by atoms with Gasteiger partial charge in [0.2, 0.25) is 0 Å². The Balaban J connectivity index is 2.56. The molecule has 1 aromatic rings. The molecule has 116 valence electrons. The number of carbonyl (C=O) groups excluding carboxylic acids is 2. The Bertz CT molecular complexity index is 509. The lowest BCUT2D eigenvalue weighted by Crippen LogP contribution is -2.35. The second kappa shape index (κ2) is 7.61. The van der Waals surface area contributed by atoms with Crippen LogP contribution in [0, 0.1) is 12.7 Å². The van der Waals surface area contributed by atoms with Gasteiger partial charge in [0.1, 0.15) is 5.82 Å². The Hall–Kier alpha value is -2.11. The summed E-state index contributed by atoms with van der Waals surface area (Å²) >= 11 is 0. The number of halogens is 1. The number of benzene rings is 1. The Morgan fingerprint density at radius 1 is 1.43 bits per heavy atom. The van der Waals surface area contributed by atoms with Gasteiger partial charge in [-0.3, -0.25) is 4.79 Å². The summed E-state index contributed by atoms with van der Waals surface area (Å²) in [5, 5.41) is 2.70. The smallest absolute Gasteiger partial charge is 0.338 e. The quantitative estimate of drug-likeness (QED) is 0.622. The summed E-state index contributed by atoms with van der Waals surface area (Å²) in [5.41, 5.74) is 6.02. The van der Waals surface area contributed by atoms with Gasteiger partial charge in [-0.05, 0) is 32.4 Å². The van der Waals surface area contributed by atoms with Gasteiger partial charge in [-0.15, -0.1) is 0 Å². The number of hydrogen-bond acceptors (Lipinski definition) is 4. The molecule has 1 aromatic carbocycles. The molecule has 0 radical (unpaired) electrons. The van der Waals surface area contributed by atoms with E-state index in [2.05, 4.69) is 5.32 Å². The fourth-order valence-corrected chi connectivity index (χ4v) is 1.85. The van der Waals surface area contributed by atoms with E-state index in [0.717, 1.165) is 18.9 Å². The van der Waals surface area contributed by atoms with E-state index in [1.54, 1.807) is 0 Å². The van der Waals surface area contributed by atoms with Gasteiger partial charge in [0.25, 0.3) is 5.91 Å². The molecule has 3 N–H and O–H groups in total. The first kappa shape index (κ1) is 16.9. The van der Waals surface area contributed by atoms with Gasteiger partial charge in [-0.1, -0.05) is 13.3 Å². The zero-order valence-electron chi connectivity index (χ0n) is 12.5. The van der Waals surface area contributed by atoms with Gasteiger partial charge in [0.15, 0.2) is 6.61 Å². The first-order chi connectivity index (χ1) is 9.85. The van der Waals surface area contributed by atoms with Crippen LogP contribution in [0.2, 0.25) is 0 Å². The highest BCUT2D eigenvalue weighted by molar-refractivity contribution is 5.92. The minimum atomic E-state index is -0.779. The molecule has 0 aliphatic carbocycles. The average Bonchev–Trinajstić information content (AvgIpc) is 2.41. The standard InChI is InChI=1S/C15H21FN2O3/c1-4-5-9(2)18-14(19)8-21-15(20)11-6-12(16)10(3)13(17)7-11/h6-7,9H,4-5,8,17H2,1-3H3,(H,18,19). The van der Waals surface area contributed by atoms with Crippen molar-refractivity contribution in [3.05, 3.63) is 29.1 Å². The van der Waals surface area contributed by atoms with Crippen molar-refractivity contribution in [1.29, 1.82) is 0 Å². The highest BCUT2D eigenvalue weighted by Crippen LogP contribution is 2.18. The normalized spacial score (nSPS) is 11.8. The summed E-state index contributed by atoms with van der Waals surface area (Å²) in [6, 6.07) is 2.40. The number of carbonyl (C=O) groups is 2. The van der Waals surface area contributed by atoms with Gasteiger partial charge >= 0.3 is 5.97 Å². The summed E-state index contributed by atoms with van der Waals surface area (Å²) in [6.45, 7) is 5.00. The number of nitrogens with two attached hydrogens (primary N) is 1. The number of hydrogen-bond donors (Lipinski definition) is 2. The maximum atomic E-state index is 13.5. The van der Waals surface area contributed by atoms with Gasteiger partial charge in [0.05, 0.1) is 5.56 Å². The molecule has 0 saturated carbocycles. The van der Waals surface area contributed by atoms with Crippen molar-refractivity contribution < 1.29 is 18.7 Å². The van der Waals surface area contributed by atoms with Crippen LogP contribution in [-0.2, 0) is 9.53 Å². The molecule has 1 atom stereocenters. The van der Waals surface area contributed by atoms with Crippen LogP contribution >= 0.6 is 0 Å². The van der Waals surface area contributed by atoms with Crippen molar-refractivity contribution in [3.8, 4) is 0 Å².